The van der Waals surface area contributed by atoms with Gasteiger partial charge in [0.2, 0.25) is 0 Å². The van der Waals surface area contributed by atoms with Crippen molar-refractivity contribution in [2.45, 2.75) is 27.7 Å². The van der Waals surface area contributed by atoms with Crippen LogP contribution in [0, 0.1) is 30.9 Å². The van der Waals surface area contributed by atoms with Crippen LogP contribution in [0.1, 0.15) is 54.0 Å². The Balaban J connectivity index is 1.94. The molecule has 2 amide bonds. The van der Waals surface area contributed by atoms with Crippen molar-refractivity contribution in [2.75, 3.05) is 17.2 Å². The van der Waals surface area contributed by atoms with Crippen molar-refractivity contribution >= 4 is 45.5 Å². The molecule has 0 atom stereocenters. The third-order valence-corrected chi connectivity index (χ3v) is 6.25. The summed E-state index contributed by atoms with van der Waals surface area (Å²) < 4.78 is 5.13. The number of nitrogens with zero attached hydrogens (tertiary/aromatic N) is 1. The van der Waals surface area contributed by atoms with Crippen LogP contribution in [0.5, 0.6) is 0 Å². The minimum Gasteiger partial charge on any atom is -0.462 e. The van der Waals surface area contributed by atoms with Gasteiger partial charge in [-0.15, -0.1) is 11.3 Å². The van der Waals surface area contributed by atoms with Crippen LogP contribution < -0.4 is 10.6 Å². The monoisotopic (exact) mass is 481 g/mol. The van der Waals surface area contributed by atoms with Crippen LogP contribution >= 0.6 is 11.3 Å². The van der Waals surface area contributed by atoms with Crippen LogP contribution in [0.2, 0.25) is 0 Å². The summed E-state index contributed by atoms with van der Waals surface area (Å²) in [5.41, 5.74) is 2.98. The molecule has 0 aliphatic carbocycles. The molecule has 1 heterocycles. The number of esters is 1. The molecular formula is C24H23N3O6S. The number of rotatable bonds is 7. The van der Waals surface area contributed by atoms with Crippen LogP contribution in [0.3, 0.4) is 0 Å². The topological polar surface area (TPSA) is 128 Å². The molecule has 0 aliphatic rings. The van der Waals surface area contributed by atoms with Gasteiger partial charge >= 0.3 is 5.97 Å². The van der Waals surface area contributed by atoms with E-state index in [2.05, 4.69) is 10.6 Å². The van der Waals surface area contributed by atoms with E-state index in [1.54, 1.807) is 13.8 Å². The standard InChI is InChI=1S/C24H23N3O6S/c1-5-33-24(30)19-15(4)20(22(29)25-18-12-13(2)6-7-14(18)3)34-23(19)26-21(28)16-8-10-17(11-9-16)27(31)32/h6-12H,5H2,1-4H3,(H,25,29)(H,26,28). The van der Waals surface area contributed by atoms with E-state index in [1.807, 2.05) is 32.0 Å². The first kappa shape index (κ1) is 24.6. The molecule has 0 aliphatic heterocycles. The number of nitro benzene ring substituents is 1. The van der Waals surface area contributed by atoms with Gasteiger partial charge < -0.3 is 15.4 Å². The SMILES string of the molecule is CCOC(=O)c1c(NC(=O)c2ccc([N+](=O)[O-])cc2)sc(C(=O)Nc2cc(C)ccc2C)c1C. The zero-order valence-corrected chi connectivity index (χ0v) is 19.9. The minimum absolute atomic E-state index is 0.0909. The first-order valence-corrected chi connectivity index (χ1v) is 11.2. The highest BCUT2D eigenvalue weighted by Crippen LogP contribution is 2.35. The number of carbonyl (C=O) groups excluding carboxylic acids is 3. The predicted octanol–water partition coefficient (Wildman–Crippen LogP) is 5.26. The van der Waals surface area contributed by atoms with Crippen LogP contribution in [-0.4, -0.2) is 29.3 Å². The van der Waals surface area contributed by atoms with E-state index in [9.17, 15) is 24.5 Å². The average Bonchev–Trinajstić information content (AvgIpc) is 3.12. The lowest BCUT2D eigenvalue weighted by Crippen LogP contribution is -2.15. The maximum absolute atomic E-state index is 13.1. The second-order valence-electron chi connectivity index (χ2n) is 7.51. The number of anilines is 2. The van der Waals surface area contributed by atoms with Gasteiger partial charge in [0.15, 0.2) is 0 Å². The second kappa shape index (κ2) is 10.3. The van der Waals surface area contributed by atoms with Crippen molar-refractivity contribution in [3.05, 3.63) is 85.3 Å². The van der Waals surface area contributed by atoms with Gasteiger partial charge in [-0.3, -0.25) is 19.7 Å². The molecule has 0 bridgehead atoms. The molecule has 0 saturated heterocycles. The summed E-state index contributed by atoms with van der Waals surface area (Å²) in [6.07, 6.45) is 0. The summed E-state index contributed by atoms with van der Waals surface area (Å²) in [6, 6.07) is 10.7. The number of nitro groups is 1. The molecule has 2 aromatic carbocycles. The van der Waals surface area contributed by atoms with Crippen LogP contribution in [0.15, 0.2) is 42.5 Å². The lowest BCUT2D eigenvalue weighted by Gasteiger charge is -2.09. The van der Waals surface area contributed by atoms with E-state index in [0.29, 0.717) is 11.3 Å². The fourth-order valence-corrected chi connectivity index (χ4v) is 4.31. The maximum atomic E-state index is 13.1. The number of benzene rings is 2. The fourth-order valence-electron chi connectivity index (χ4n) is 3.23. The largest absolute Gasteiger partial charge is 0.462 e. The average molecular weight is 482 g/mol. The van der Waals surface area contributed by atoms with Crippen molar-refractivity contribution < 1.29 is 24.0 Å². The lowest BCUT2D eigenvalue weighted by atomic mass is 10.1. The van der Waals surface area contributed by atoms with Gasteiger partial charge in [-0.1, -0.05) is 12.1 Å². The molecule has 176 valence electrons. The highest BCUT2D eigenvalue weighted by atomic mass is 32.1. The van der Waals surface area contributed by atoms with E-state index in [0.717, 1.165) is 22.5 Å². The fraction of sp³-hybridized carbons (Fsp3) is 0.208. The molecule has 3 aromatic rings. The van der Waals surface area contributed by atoms with Crippen LogP contribution in [-0.2, 0) is 4.74 Å². The molecule has 1 aromatic heterocycles. The van der Waals surface area contributed by atoms with E-state index < -0.39 is 22.7 Å². The summed E-state index contributed by atoms with van der Waals surface area (Å²) in [7, 11) is 0. The molecule has 3 rings (SSSR count). The first-order chi connectivity index (χ1) is 16.1. The first-order valence-electron chi connectivity index (χ1n) is 10.4. The summed E-state index contributed by atoms with van der Waals surface area (Å²) >= 11 is 0.956. The summed E-state index contributed by atoms with van der Waals surface area (Å²) in [4.78, 5) is 49.0. The minimum atomic E-state index is -0.666. The van der Waals surface area contributed by atoms with Crippen molar-refractivity contribution in [3.8, 4) is 0 Å². The lowest BCUT2D eigenvalue weighted by molar-refractivity contribution is -0.384. The summed E-state index contributed by atoms with van der Waals surface area (Å²) in [6.45, 7) is 7.17. The number of ether oxygens (including phenoxy) is 1. The summed E-state index contributed by atoms with van der Waals surface area (Å²) in [5, 5.41) is 16.5. The third-order valence-electron chi connectivity index (χ3n) is 5.04. The molecular weight excluding hydrogens is 458 g/mol. The van der Waals surface area contributed by atoms with Gasteiger partial charge in [-0.25, -0.2) is 4.79 Å². The molecule has 0 fully saturated rings. The Hall–Kier alpha value is -4.05. The maximum Gasteiger partial charge on any atom is 0.341 e. The van der Waals surface area contributed by atoms with E-state index in [-0.39, 0.29) is 33.3 Å². The number of amides is 2. The zero-order chi connectivity index (χ0) is 25.0. The van der Waals surface area contributed by atoms with Gasteiger partial charge in [-0.2, -0.15) is 0 Å². The van der Waals surface area contributed by atoms with Crippen LogP contribution in [0.4, 0.5) is 16.4 Å². The second-order valence-corrected chi connectivity index (χ2v) is 8.53. The van der Waals surface area contributed by atoms with Gasteiger partial charge in [0.05, 0.1) is 22.0 Å². The number of hydrogen-bond donors (Lipinski definition) is 2. The Morgan fingerprint density at radius 2 is 1.68 bits per heavy atom. The van der Waals surface area contributed by atoms with Gasteiger partial charge in [0.1, 0.15) is 5.00 Å². The Morgan fingerprint density at radius 1 is 1.00 bits per heavy atom. The Labute approximate surface area is 199 Å². The number of nitrogens with one attached hydrogen (secondary N) is 2. The third kappa shape index (κ3) is 5.29. The number of non-ortho nitro benzene ring substituents is 1. The van der Waals surface area contributed by atoms with E-state index in [4.69, 9.17) is 4.74 Å². The van der Waals surface area contributed by atoms with E-state index >= 15 is 0 Å². The molecule has 0 radical (unpaired) electrons. The number of thiophene rings is 1. The van der Waals surface area contributed by atoms with Gasteiger partial charge in [0.25, 0.3) is 17.5 Å². The van der Waals surface area contributed by atoms with Crippen molar-refractivity contribution in [3.63, 3.8) is 0 Å². The molecule has 9 nitrogen and oxygen atoms in total. The summed E-state index contributed by atoms with van der Waals surface area (Å²) in [5.74, 6) is -1.66. The van der Waals surface area contributed by atoms with Crippen molar-refractivity contribution in [2.24, 2.45) is 0 Å². The zero-order valence-electron chi connectivity index (χ0n) is 19.1. The van der Waals surface area contributed by atoms with Crippen molar-refractivity contribution in [1.82, 2.24) is 0 Å². The predicted molar refractivity (Wildman–Crippen MR) is 130 cm³/mol. The highest BCUT2D eigenvalue weighted by Gasteiger charge is 2.27. The molecule has 0 unspecified atom stereocenters. The van der Waals surface area contributed by atoms with Crippen LogP contribution in [0.25, 0.3) is 0 Å². The van der Waals surface area contributed by atoms with E-state index in [1.165, 1.54) is 24.3 Å². The number of aryl methyl sites for hydroxylation is 2. The molecule has 34 heavy (non-hydrogen) atoms. The molecule has 10 heteroatoms. The normalized spacial score (nSPS) is 10.5. The Morgan fingerprint density at radius 3 is 2.29 bits per heavy atom. The highest BCUT2D eigenvalue weighted by molar-refractivity contribution is 7.19. The number of hydrogen-bond acceptors (Lipinski definition) is 7. The molecule has 0 saturated carbocycles. The molecule has 2 N–H and O–H groups in total. The van der Waals surface area contributed by atoms with Gasteiger partial charge in [0, 0.05) is 23.4 Å². The Kier molecular flexibility index (Phi) is 7.42. The Bertz CT molecular complexity index is 1280. The van der Waals surface area contributed by atoms with Crippen molar-refractivity contribution in [1.29, 1.82) is 0 Å². The molecule has 0 spiro atoms. The van der Waals surface area contributed by atoms with Gasteiger partial charge in [-0.05, 0) is 62.6 Å². The number of carbonyl (C=O) groups is 3. The quantitative estimate of drug-likeness (QED) is 0.269. The smallest absolute Gasteiger partial charge is 0.341 e.